The molecule has 18 heavy (non-hydrogen) atoms. The zero-order chi connectivity index (χ0) is 13.1. The molecule has 0 saturated carbocycles. The molecule has 0 aliphatic rings. The van der Waals surface area contributed by atoms with Crippen molar-refractivity contribution >= 4 is 0 Å². The Kier molecular flexibility index (Phi) is 3.55. The molecule has 0 bridgehead atoms. The van der Waals surface area contributed by atoms with Crippen LogP contribution < -0.4 is 4.74 Å². The maximum absolute atomic E-state index is 9.85. The second kappa shape index (κ2) is 5.12. The number of ether oxygens (including phenoxy) is 1. The van der Waals surface area contributed by atoms with E-state index in [2.05, 4.69) is 12.0 Å². The third kappa shape index (κ3) is 2.18. The van der Waals surface area contributed by atoms with Crippen LogP contribution in [0.4, 0.5) is 0 Å². The number of hydrogen-bond donors (Lipinski definition) is 1. The van der Waals surface area contributed by atoms with Crippen LogP contribution in [0.5, 0.6) is 11.6 Å². The molecular weight excluding hydrogens is 228 g/mol. The molecule has 1 N–H and O–H groups in total. The average molecular weight is 246 g/mol. The van der Waals surface area contributed by atoms with Crippen molar-refractivity contribution < 1.29 is 9.84 Å². The van der Waals surface area contributed by atoms with E-state index in [-0.39, 0.29) is 5.88 Å². The Morgan fingerprint density at radius 3 is 2.50 bits per heavy atom. The van der Waals surface area contributed by atoms with Gasteiger partial charge in [-0.1, -0.05) is 13.3 Å². The fourth-order valence-electron chi connectivity index (χ4n) is 2.04. The van der Waals surface area contributed by atoms with E-state index >= 15 is 0 Å². The smallest absolute Gasteiger partial charge is 0.234 e. The minimum absolute atomic E-state index is 0.130. The van der Waals surface area contributed by atoms with Gasteiger partial charge in [-0.3, -0.25) is 0 Å². The molecule has 2 aromatic rings. The van der Waals surface area contributed by atoms with Crippen LogP contribution in [0.25, 0.3) is 5.69 Å². The lowest BCUT2D eigenvalue weighted by Crippen LogP contribution is -1.99. The van der Waals surface area contributed by atoms with E-state index in [1.54, 1.807) is 11.8 Å². The lowest BCUT2D eigenvalue weighted by molar-refractivity contribution is 0.414. The Morgan fingerprint density at radius 1 is 1.28 bits per heavy atom. The molecule has 2 rings (SSSR count). The first-order chi connectivity index (χ1) is 8.67. The van der Waals surface area contributed by atoms with Gasteiger partial charge in [0, 0.05) is 11.3 Å². The number of benzene rings is 1. The van der Waals surface area contributed by atoms with Crippen LogP contribution in [0.2, 0.25) is 0 Å². The SMILES string of the molecule is CCCc1c(O)nn(-c2ccc(OC)cc2)c1C. The van der Waals surface area contributed by atoms with Crippen LogP contribution in [0.1, 0.15) is 24.6 Å². The summed E-state index contributed by atoms with van der Waals surface area (Å²) in [6.07, 6.45) is 1.83. The third-order valence-corrected chi connectivity index (χ3v) is 3.04. The van der Waals surface area contributed by atoms with E-state index in [1.807, 2.05) is 31.2 Å². The molecule has 0 saturated heterocycles. The van der Waals surface area contributed by atoms with E-state index < -0.39 is 0 Å². The topological polar surface area (TPSA) is 47.3 Å². The van der Waals surface area contributed by atoms with Gasteiger partial charge in [0.05, 0.1) is 12.8 Å². The molecule has 1 heterocycles. The van der Waals surface area contributed by atoms with Gasteiger partial charge in [-0.2, -0.15) is 0 Å². The molecule has 0 radical (unpaired) electrons. The van der Waals surface area contributed by atoms with Crippen molar-refractivity contribution in [3.63, 3.8) is 0 Å². The van der Waals surface area contributed by atoms with E-state index in [4.69, 9.17) is 4.74 Å². The van der Waals surface area contributed by atoms with Crippen molar-refractivity contribution in [2.45, 2.75) is 26.7 Å². The third-order valence-electron chi connectivity index (χ3n) is 3.04. The second-order valence-corrected chi connectivity index (χ2v) is 4.25. The van der Waals surface area contributed by atoms with Gasteiger partial charge in [0.1, 0.15) is 5.75 Å². The van der Waals surface area contributed by atoms with Crippen molar-refractivity contribution in [2.75, 3.05) is 7.11 Å². The molecule has 0 unspecified atom stereocenters. The molecule has 0 spiro atoms. The van der Waals surface area contributed by atoms with E-state index in [1.165, 1.54) is 0 Å². The fourth-order valence-corrected chi connectivity index (χ4v) is 2.04. The molecule has 4 heteroatoms. The first-order valence-electron chi connectivity index (χ1n) is 6.09. The molecular formula is C14H18N2O2. The highest BCUT2D eigenvalue weighted by Gasteiger charge is 2.13. The quantitative estimate of drug-likeness (QED) is 0.902. The average Bonchev–Trinajstić information content (AvgIpc) is 2.67. The van der Waals surface area contributed by atoms with Gasteiger partial charge < -0.3 is 9.84 Å². The van der Waals surface area contributed by atoms with Crippen LogP contribution >= 0.6 is 0 Å². The Labute approximate surface area is 107 Å². The lowest BCUT2D eigenvalue weighted by atomic mass is 10.1. The summed E-state index contributed by atoms with van der Waals surface area (Å²) in [6, 6.07) is 7.61. The first kappa shape index (κ1) is 12.5. The number of nitrogens with zero attached hydrogens (tertiary/aromatic N) is 2. The van der Waals surface area contributed by atoms with Crippen molar-refractivity contribution in [3.05, 3.63) is 35.5 Å². The van der Waals surface area contributed by atoms with Gasteiger partial charge in [0.2, 0.25) is 5.88 Å². The van der Waals surface area contributed by atoms with Crippen LogP contribution in [-0.4, -0.2) is 22.0 Å². The van der Waals surface area contributed by atoms with Crippen LogP contribution in [0.3, 0.4) is 0 Å². The summed E-state index contributed by atoms with van der Waals surface area (Å²) < 4.78 is 6.89. The van der Waals surface area contributed by atoms with Gasteiger partial charge in [0.15, 0.2) is 0 Å². The maximum atomic E-state index is 9.85. The van der Waals surface area contributed by atoms with Crippen molar-refractivity contribution in [2.24, 2.45) is 0 Å². The van der Waals surface area contributed by atoms with E-state index in [9.17, 15) is 5.11 Å². The minimum Gasteiger partial charge on any atom is -0.497 e. The number of methoxy groups -OCH3 is 1. The fraction of sp³-hybridized carbons (Fsp3) is 0.357. The molecule has 0 fully saturated rings. The van der Waals surface area contributed by atoms with Gasteiger partial charge in [-0.05, 0) is 37.6 Å². The molecule has 0 atom stereocenters. The van der Waals surface area contributed by atoms with Crippen LogP contribution in [0.15, 0.2) is 24.3 Å². The summed E-state index contributed by atoms with van der Waals surface area (Å²) in [5.41, 5.74) is 2.83. The summed E-state index contributed by atoms with van der Waals surface area (Å²) in [7, 11) is 1.64. The lowest BCUT2D eigenvalue weighted by Gasteiger charge is -2.06. The van der Waals surface area contributed by atoms with E-state index in [0.29, 0.717) is 0 Å². The number of aromatic nitrogens is 2. The maximum Gasteiger partial charge on any atom is 0.234 e. The molecule has 0 amide bonds. The summed E-state index contributed by atoms with van der Waals surface area (Å²) >= 11 is 0. The predicted molar refractivity (Wildman–Crippen MR) is 70.5 cm³/mol. The zero-order valence-electron chi connectivity index (χ0n) is 11.0. The van der Waals surface area contributed by atoms with Gasteiger partial charge in [0.25, 0.3) is 0 Å². The number of aromatic hydroxyl groups is 1. The van der Waals surface area contributed by atoms with Crippen molar-refractivity contribution in [1.82, 2.24) is 9.78 Å². The highest BCUT2D eigenvalue weighted by atomic mass is 16.5. The zero-order valence-corrected chi connectivity index (χ0v) is 11.0. The van der Waals surface area contributed by atoms with Crippen LogP contribution in [0, 0.1) is 6.92 Å². The Balaban J connectivity index is 2.40. The summed E-state index contributed by atoms with van der Waals surface area (Å²) in [5, 5.41) is 14.0. The molecule has 0 aliphatic carbocycles. The monoisotopic (exact) mass is 246 g/mol. The van der Waals surface area contributed by atoms with Crippen molar-refractivity contribution in [1.29, 1.82) is 0 Å². The van der Waals surface area contributed by atoms with Gasteiger partial charge >= 0.3 is 0 Å². The highest BCUT2D eigenvalue weighted by molar-refractivity contribution is 5.41. The van der Waals surface area contributed by atoms with Gasteiger partial charge in [-0.25, -0.2) is 4.68 Å². The number of hydrogen-bond acceptors (Lipinski definition) is 3. The predicted octanol–water partition coefficient (Wildman–Crippen LogP) is 2.85. The molecule has 1 aromatic carbocycles. The number of rotatable bonds is 4. The standard InChI is InChI=1S/C14H18N2O2/c1-4-5-13-10(2)16(15-14(13)17)11-6-8-12(18-3)9-7-11/h6-9H,4-5H2,1-3H3,(H,15,17). The highest BCUT2D eigenvalue weighted by Crippen LogP contribution is 2.25. The molecule has 96 valence electrons. The normalized spacial score (nSPS) is 10.6. The Hall–Kier alpha value is -1.97. The molecule has 1 aromatic heterocycles. The Morgan fingerprint density at radius 2 is 1.94 bits per heavy atom. The molecule has 0 aliphatic heterocycles. The largest absolute Gasteiger partial charge is 0.497 e. The van der Waals surface area contributed by atoms with Crippen molar-refractivity contribution in [3.8, 4) is 17.3 Å². The van der Waals surface area contributed by atoms with Gasteiger partial charge in [-0.15, -0.1) is 5.10 Å². The van der Waals surface area contributed by atoms with Crippen LogP contribution in [-0.2, 0) is 6.42 Å². The summed E-state index contributed by atoms with van der Waals surface area (Å²) in [4.78, 5) is 0. The summed E-state index contributed by atoms with van der Waals surface area (Å²) in [5.74, 6) is 0.937. The van der Waals surface area contributed by atoms with E-state index in [0.717, 1.165) is 35.5 Å². The summed E-state index contributed by atoms with van der Waals surface area (Å²) in [6.45, 7) is 4.06. The minimum atomic E-state index is 0.130. The Bertz CT molecular complexity index is 529. The second-order valence-electron chi connectivity index (χ2n) is 4.25. The first-order valence-corrected chi connectivity index (χ1v) is 6.09. The molecule has 4 nitrogen and oxygen atoms in total.